The SMILES string of the molecule is CC(=O)N1CCN(C(=O)CCNc2nc(C)cnc2C)CC1. The molecule has 22 heavy (non-hydrogen) atoms. The molecule has 1 fully saturated rings. The number of nitrogens with zero attached hydrogens (tertiary/aromatic N) is 4. The van der Waals surface area contributed by atoms with Crippen LogP contribution >= 0.6 is 0 Å². The van der Waals surface area contributed by atoms with Crippen molar-refractivity contribution >= 4 is 17.6 Å². The van der Waals surface area contributed by atoms with Gasteiger partial charge in [0.1, 0.15) is 5.82 Å². The van der Waals surface area contributed by atoms with E-state index in [1.54, 1.807) is 18.0 Å². The minimum Gasteiger partial charge on any atom is -0.368 e. The molecule has 0 spiro atoms. The Morgan fingerprint density at radius 3 is 2.45 bits per heavy atom. The van der Waals surface area contributed by atoms with Gasteiger partial charge in [-0.3, -0.25) is 14.6 Å². The maximum atomic E-state index is 12.2. The number of rotatable bonds is 4. The Bertz CT molecular complexity index is 553. The Labute approximate surface area is 130 Å². The fourth-order valence-electron chi connectivity index (χ4n) is 2.42. The molecule has 2 amide bonds. The second-order valence-electron chi connectivity index (χ2n) is 5.51. The van der Waals surface area contributed by atoms with Crippen LogP contribution in [0.2, 0.25) is 0 Å². The molecular weight excluding hydrogens is 282 g/mol. The molecule has 7 heteroatoms. The van der Waals surface area contributed by atoms with Gasteiger partial charge in [-0.2, -0.15) is 0 Å². The van der Waals surface area contributed by atoms with Crippen molar-refractivity contribution < 1.29 is 9.59 Å². The molecular formula is C15H23N5O2. The third-order valence-corrected chi connectivity index (χ3v) is 3.78. The van der Waals surface area contributed by atoms with Gasteiger partial charge in [-0.25, -0.2) is 4.98 Å². The summed E-state index contributed by atoms with van der Waals surface area (Å²) in [5.74, 6) is 0.908. The van der Waals surface area contributed by atoms with Crippen molar-refractivity contribution in [1.82, 2.24) is 19.8 Å². The van der Waals surface area contributed by atoms with Gasteiger partial charge in [-0.1, -0.05) is 0 Å². The van der Waals surface area contributed by atoms with Crippen molar-refractivity contribution in [2.75, 3.05) is 38.0 Å². The van der Waals surface area contributed by atoms with Crippen LogP contribution in [0.3, 0.4) is 0 Å². The van der Waals surface area contributed by atoms with Gasteiger partial charge in [0.05, 0.1) is 11.4 Å². The van der Waals surface area contributed by atoms with E-state index in [1.165, 1.54) is 0 Å². The van der Waals surface area contributed by atoms with Gasteiger partial charge >= 0.3 is 0 Å². The molecule has 1 aliphatic rings. The van der Waals surface area contributed by atoms with Gasteiger partial charge in [0, 0.05) is 52.3 Å². The smallest absolute Gasteiger partial charge is 0.224 e. The van der Waals surface area contributed by atoms with Crippen molar-refractivity contribution in [2.45, 2.75) is 27.2 Å². The number of nitrogens with one attached hydrogen (secondary N) is 1. The van der Waals surface area contributed by atoms with Crippen molar-refractivity contribution in [3.8, 4) is 0 Å². The number of anilines is 1. The van der Waals surface area contributed by atoms with E-state index in [0.717, 1.165) is 17.2 Å². The van der Waals surface area contributed by atoms with Gasteiger partial charge in [-0.05, 0) is 13.8 Å². The lowest BCUT2D eigenvalue weighted by molar-refractivity contribution is -0.138. The molecule has 0 bridgehead atoms. The van der Waals surface area contributed by atoms with Crippen LogP contribution in [0.1, 0.15) is 24.7 Å². The number of carbonyl (C=O) groups is 2. The van der Waals surface area contributed by atoms with Crippen molar-refractivity contribution in [1.29, 1.82) is 0 Å². The maximum Gasteiger partial charge on any atom is 0.224 e. The molecule has 120 valence electrons. The molecule has 0 saturated carbocycles. The number of carbonyl (C=O) groups excluding carboxylic acids is 2. The molecule has 0 radical (unpaired) electrons. The van der Waals surface area contributed by atoms with Crippen LogP contribution < -0.4 is 5.32 Å². The average Bonchev–Trinajstić information content (AvgIpc) is 2.50. The Morgan fingerprint density at radius 1 is 1.18 bits per heavy atom. The summed E-state index contributed by atoms with van der Waals surface area (Å²) in [6.07, 6.45) is 2.13. The maximum absolute atomic E-state index is 12.2. The largest absolute Gasteiger partial charge is 0.368 e. The van der Waals surface area contributed by atoms with Crippen molar-refractivity contribution in [3.63, 3.8) is 0 Å². The zero-order chi connectivity index (χ0) is 16.1. The molecule has 1 aromatic heterocycles. The molecule has 1 aromatic rings. The van der Waals surface area contributed by atoms with Crippen LogP contribution in [0.25, 0.3) is 0 Å². The fourth-order valence-corrected chi connectivity index (χ4v) is 2.42. The topological polar surface area (TPSA) is 78.4 Å². The summed E-state index contributed by atoms with van der Waals surface area (Å²) in [6, 6.07) is 0. The summed E-state index contributed by atoms with van der Waals surface area (Å²) >= 11 is 0. The molecule has 1 aliphatic heterocycles. The third kappa shape index (κ3) is 4.16. The predicted molar refractivity (Wildman–Crippen MR) is 83.4 cm³/mol. The van der Waals surface area contributed by atoms with Crippen LogP contribution in [0, 0.1) is 13.8 Å². The number of amides is 2. The van der Waals surface area contributed by atoms with Crippen molar-refractivity contribution in [3.05, 3.63) is 17.6 Å². The lowest BCUT2D eigenvalue weighted by atomic mass is 10.2. The zero-order valence-electron chi connectivity index (χ0n) is 13.4. The third-order valence-electron chi connectivity index (χ3n) is 3.78. The quantitative estimate of drug-likeness (QED) is 0.880. The van der Waals surface area contributed by atoms with E-state index in [2.05, 4.69) is 15.3 Å². The lowest BCUT2D eigenvalue weighted by Gasteiger charge is -2.34. The average molecular weight is 305 g/mol. The van der Waals surface area contributed by atoms with E-state index in [0.29, 0.717) is 39.1 Å². The lowest BCUT2D eigenvalue weighted by Crippen LogP contribution is -2.50. The summed E-state index contributed by atoms with van der Waals surface area (Å²) in [7, 11) is 0. The Hall–Kier alpha value is -2.18. The molecule has 1 saturated heterocycles. The Morgan fingerprint density at radius 2 is 1.82 bits per heavy atom. The standard InChI is InChI=1S/C15H23N5O2/c1-11-10-17-12(2)15(18-11)16-5-4-14(22)20-8-6-19(7-9-20)13(3)21/h10H,4-9H2,1-3H3,(H,16,18). The normalized spacial score (nSPS) is 14.9. The van der Waals surface area contributed by atoms with Crippen LogP contribution in [0.4, 0.5) is 5.82 Å². The molecule has 0 aromatic carbocycles. The monoisotopic (exact) mass is 305 g/mol. The summed E-state index contributed by atoms with van der Waals surface area (Å²) < 4.78 is 0. The molecule has 0 aliphatic carbocycles. The van der Waals surface area contributed by atoms with Crippen molar-refractivity contribution in [2.24, 2.45) is 0 Å². The van der Waals surface area contributed by atoms with Gasteiger partial charge < -0.3 is 15.1 Å². The summed E-state index contributed by atoms with van der Waals surface area (Å²) in [5, 5.41) is 3.17. The number of aryl methyl sites for hydroxylation is 2. The van der Waals surface area contributed by atoms with Gasteiger partial charge in [0.25, 0.3) is 0 Å². The highest BCUT2D eigenvalue weighted by Gasteiger charge is 2.21. The number of piperazine rings is 1. The van der Waals surface area contributed by atoms with E-state index >= 15 is 0 Å². The first-order valence-corrected chi connectivity index (χ1v) is 7.55. The van der Waals surface area contributed by atoms with E-state index < -0.39 is 0 Å². The number of aromatic nitrogens is 2. The van der Waals surface area contributed by atoms with Crippen LogP contribution in [0.15, 0.2) is 6.20 Å². The minimum atomic E-state index is 0.0715. The van der Waals surface area contributed by atoms with Gasteiger partial charge in [-0.15, -0.1) is 0 Å². The van der Waals surface area contributed by atoms with E-state index in [4.69, 9.17) is 0 Å². The van der Waals surface area contributed by atoms with E-state index in [-0.39, 0.29) is 11.8 Å². The Balaban J connectivity index is 1.76. The summed E-state index contributed by atoms with van der Waals surface area (Å²) in [6.45, 7) is 8.34. The first-order valence-electron chi connectivity index (χ1n) is 7.55. The minimum absolute atomic E-state index is 0.0715. The van der Waals surface area contributed by atoms with Crippen LogP contribution in [0.5, 0.6) is 0 Å². The summed E-state index contributed by atoms with van der Waals surface area (Å²) in [4.78, 5) is 35.6. The first kappa shape index (κ1) is 16.2. The second kappa shape index (κ2) is 7.20. The highest BCUT2D eigenvalue weighted by atomic mass is 16.2. The molecule has 7 nitrogen and oxygen atoms in total. The van der Waals surface area contributed by atoms with E-state index in [1.807, 2.05) is 18.7 Å². The highest BCUT2D eigenvalue weighted by Crippen LogP contribution is 2.09. The molecule has 2 heterocycles. The van der Waals surface area contributed by atoms with Crippen LogP contribution in [-0.2, 0) is 9.59 Å². The number of hydrogen-bond donors (Lipinski definition) is 1. The zero-order valence-corrected chi connectivity index (χ0v) is 13.4. The molecule has 0 unspecified atom stereocenters. The molecule has 1 N–H and O–H groups in total. The van der Waals surface area contributed by atoms with E-state index in [9.17, 15) is 9.59 Å². The summed E-state index contributed by atoms with van der Waals surface area (Å²) in [5.41, 5.74) is 1.67. The molecule has 2 rings (SSSR count). The molecule has 0 atom stereocenters. The number of hydrogen-bond acceptors (Lipinski definition) is 5. The predicted octanol–water partition coefficient (Wildman–Crippen LogP) is 0.586. The fraction of sp³-hybridized carbons (Fsp3) is 0.600. The highest BCUT2D eigenvalue weighted by molar-refractivity contribution is 5.78. The van der Waals surface area contributed by atoms with Crippen LogP contribution in [-0.4, -0.2) is 64.3 Å². The van der Waals surface area contributed by atoms with Gasteiger partial charge in [0.15, 0.2) is 0 Å². The van der Waals surface area contributed by atoms with Gasteiger partial charge in [0.2, 0.25) is 11.8 Å². The first-order chi connectivity index (χ1) is 10.5. The second-order valence-corrected chi connectivity index (χ2v) is 5.51. The Kier molecular flexibility index (Phi) is 5.30.